The molecule has 1 fully saturated rings. The summed E-state index contributed by atoms with van der Waals surface area (Å²) in [6, 6.07) is 8.46. The first-order valence-electron chi connectivity index (χ1n) is 8.04. The molecule has 0 radical (unpaired) electrons. The van der Waals surface area contributed by atoms with E-state index in [2.05, 4.69) is 27.4 Å². The highest BCUT2D eigenvalue weighted by Gasteiger charge is 2.27. The average Bonchev–Trinajstić information content (AvgIpc) is 3.15. The molecule has 0 aliphatic carbocycles. The highest BCUT2D eigenvalue weighted by Crippen LogP contribution is 2.31. The van der Waals surface area contributed by atoms with E-state index in [9.17, 15) is 4.79 Å². The molecular formula is C17H23N5O. The zero-order valence-electron chi connectivity index (χ0n) is 13.7. The van der Waals surface area contributed by atoms with Crippen molar-refractivity contribution in [1.82, 2.24) is 25.0 Å². The van der Waals surface area contributed by atoms with Crippen molar-refractivity contribution in [2.75, 3.05) is 6.54 Å². The molecule has 1 atom stereocenters. The van der Waals surface area contributed by atoms with Crippen molar-refractivity contribution in [2.24, 2.45) is 7.05 Å². The molecular weight excluding hydrogens is 290 g/mol. The molecule has 122 valence electrons. The van der Waals surface area contributed by atoms with Crippen molar-refractivity contribution in [3.8, 4) is 0 Å². The lowest BCUT2D eigenvalue weighted by Gasteiger charge is -2.23. The zero-order valence-corrected chi connectivity index (χ0v) is 13.7. The van der Waals surface area contributed by atoms with Crippen molar-refractivity contribution in [1.29, 1.82) is 0 Å². The first-order valence-corrected chi connectivity index (χ1v) is 8.04. The van der Waals surface area contributed by atoms with E-state index in [0.717, 1.165) is 36.6 Å². The number of pyridine rings is 1. The van der Waals surface area contributed by atoms with Gasteiger partial charge in [-0.2, -0.15) is 5.10 Å². The van der Waals surface area contributed by atoms with E-state index in [1.54, 1.807) is 0 Å². The Balaban J connectivity index is 1.71. The second-order valence-electron chi connectivity index (χ2n) is 6.07. The Morgan fingerprint density at radius 3 is 2.96 bits per heavy atom. The summed E-state index contributed by atoms with van der Waals surface area (Å²) >= 11 is 0. The van der Waals surface area contributed by atoms with E-state index >= 15 is 0 Å². The van der Waals surface area contributed by atoms with E-state index in [4.69, 9.17) is 4.98 Å². The second-order valence-corrected chi connectivity index (χ2v) is 6.07. The van der Waals surface area contributed by atoms with Crippen molar-refractivity contribution in [2.45, 2.75) is 38.9 Å². The molecule has 0 bridgehead atoms. The summed E-state index contributed by atoms with van der Waals surface area (Å²) in [6.45, 7) is 3.92. The Bertz CT molecular complexity index is 681. The molecule has 1 amide bonds. The second kappa shape index (κ2) is 6.91. The number of amides is 1. The molecule has 3 heterocycles. The Labute approximate surface area is 136 Å². The third-order valence-corrected chi connectivity index (χ3v) is 4.19. The Kier molecular flexibility index (Phi) is 4.71. The van der Waals surface area contributed by atoms with Gasteiger partial charge in [-0.25, -0.2) is 0 Å². The van der Waals surface area contributed by atoms with Gasteiger partial charge >= 0.3 is 0 Å². The summed E-state index contributed by atoms with van der Waals surface area (Å²) in [6.07, 6.45) is 4.27. The molecule has 3 rings (SSSR count). The van der Waals surface area contributed by atoms with Crippen molar-refractivity contribution < 1.29 is 4.79 Å². The SMILES string of the molecule is CC(=O)NCc1cccc(C2CCCN2Cc2ccn(C)n2)n1. The number of nitrogens with zero attached hydrogens (tertiary/aromatic N) is 4. The predicted octanol–water partition coefficient (Wildman–Crippen LogP) is 1.79. The zero-order chi connectivity index (χ0) is 16.2. The molecule has 1 aliphatic heterocycles. The maximum absolute atomic E-state index is 11.1. The Morgan fingerprint density at radius 1 is 1.35 bits per heavy atom. The summed E-state index contributed by atoms with van der Waals surface area (Å²) in [4.78, 5) is 18.2. The average molecular weight is 313 g/mol. The Hall–Kier alpha value is -2.21. The highest BCUT2D eigenvalue weighted by molar-refractivity contribution is 5.72. The summed E-state index contributed by atoms with van der Waals surface area (Å²) in [7, 11) is 1.94. The fraction of sp³-hybridized carbons (Fsp3) is 0.471. The van der Waals surface area contributed by atoms with Gasteiger partial charge in [-0.3, -0.25) is 19.4 Å². The van der Waals surface area contributed by atoms with Gasteiger partial charge in [0.15, 0.2) is 0 Å². The molecule has 1 aliphatic rings. The molecule has 0 saturated carbocycles. The van der Waals surface area contributed by atoms with E-state index in [1.165, 1.54) is 13.3 Å². The molecule has 1 saturated heterocycles. The van der Waals surface area contributed by atoms with Crippen LogP contribution < -0.4 is 5.32 Å². The minimum atomic E-state index is -0.0325. The summed E-state index contributed by atoms with van der Waals surface area (Å²) in [5, 5.41) is 7.28. The molecule has 23 heavy (non-hydrogen) atoms. The number of hydrogen-bond donors (Lipinski definition) is 1. The van der Waals surface area contributed by atoms with Crippen LogP contribution in [0.5, 0.6) is 0 Å². The lowest BCUT2D eigenvalue weighted by Crippen LogP contribution is -2.25. The van der Waals surface area contributed by atoms with Gasteiger partial charge in [0.25, 0.3) is 0 Å². The van der Waals surface area contributed by atoms with Crippen molar-refractivity contribution in [3.63, 3.8) is 0 Å². The van der Waals surface area contributed by atoms with Gasteiger partial charge in [0.2, 0.25) is 5.91 Å². The van der Waals surface area contributed by atoms with Gasteiger partial charge in [-0.1, -0.05) is 6.07 Å². The monoisotopic (exact) mass is 313 g/mol. The van der Waals surface area contributed by atoms with Gasteiger partial charge in [-0.15, -0.1) is 0 Å². The Morgan fingerprint density at radius 2 is 2.22 bits per heavy atom. The van der Waals surface area contributed by atoms with E-state index < -0.39 is 0 Å². The van der Waals surface area contributed by atoms with Crippen LogP contribution in [-0.4, -0.2) is 32.1 Å². The van der Waals surface area contributed by atoms with E-state index in [0.29, 0.717) is 12.6 Å². The highest BCUT2D eigenvalue weighted by atomic mass is 16.1. The van der Waals surface area contributed by atoms with E-state index in [1.807, 2.05) is 30.1 Å². The smallest absolute Gasteiger partial charge is 0.217 e. The quantitative estimate of drug-likeness (QED) is 0.914. The van der Waals surface area contributed by atoms with Gasteiger partial charge in [0.1, 0.15) is 0 Å². The molecule has 0 spiro atoms. The number of carbonyl (C=O) groups is 1. The number of aromatic nitrogens is 3. The third kappa shape index (κ3) is 3.96. The maximum Gasteiger partial charge on any atom is 0.217 e. The van der Waals surface area contributed by atoms with Crippen LogP contribution in [0.4, 0.5) is 0 Å². The van der Waals surface area contributed by atoms with Crippen LogP contribution in [0.25, 0.3) is 0 Å². The van der Waals surface area contributed by atoms with Crippen LogP contribution in [0, 0.1) is 0 Å². The predicted molar refractivity (Wildman–Crippen MR) is 87.4 cm³/mol. The third-order valence-electron chi connectivity index (χ3n) is 4.19. The van der Waals surface area contributed by atoms with Gasteiger partial charge in [0, 0.05) is 26.7 Å². The van der Waals surface area contributed by atoms with E-state index in [-0.39, 0.29) is 5.91 Å². The van der Waals surface area contributed by atoms with Crippen molar-refractivity contribution in [3.05, 3.63) is 47.5 Å². The van der Waals surface area contributed by atoms with Crippen LogP contribution in [0.2, 0.25) is 0 Å². The summed E-state index contributed by atoms with van der Waals surface area (Å²) in [5.74, 6) is -0.0325. The molecule has 6 heteroatoms. The first-order chi connectivity index (χ1) is 11.1. The van der Waals surface area contributed by atoms with Crippen LogP contribution in [-0.2, 0) is 24.9 Å². The molecule has 6 nitrogen and oxygen atoms in total. The summed E-state index contributed by atoms with van der Waals surface area (Å²) < 4.78 is 1.84. The maximum atomic E-state index is 11.1. The van der Waals surface area contributed by atoms with Crippen molar-refractivity contribution >= 4 is 5.91 Å². The number of rotatable bonds is 5. The lowest BCUT2D eigenvalue weighted by molar-refractivity contribution is -0.119. The fourth-order valence-electron chi connectivity index (χ4n) is 3.10. The van der Waals surface area contributed by atoms with Crippen LogP contribution >= 0.6 is 0 Å². The van der Waals surface area contributed by atoms with Gasteiger partial charge in [-0.05, 0) is 37.6 Å². The van der Waals surface area contributed by atoms with Gasteiger partial charge < -0.3 is 5.32 Å². The molecule has 0 aromatic carbocycles. The minimum Gasteiger partial charge on any atom is -0.351 e. The number of likely N-dealkylation sites (tertiary alicyclic amines) is 1. The number of hydrogen-bond acceptors (Lipinski definition) is 4. The topological polar surface area (TPSA) is 63.1 Å². The molecule has 1 unspecified atom stereocenters. The summed E-state index contributed by atoms with van der Waals surface area (Å²) in [5.41, 5.74) is 3.08. The molecule has 2 aromatic heterocycles. The van der Waals surface area contributed by atoms with Crippen LogP contribution in [0.15, 0.2) is 30.5 Å². The van der Waals surface area contributed by atoms with Crippen LogP contribution in [0.3, 0.4) is 0 Å². The van der Waals surface area contributed by atoms with Crippen LogP contribution in [0.1, 0.15) is 42.9 Å². The lowest BCUT2D eigenvalue weighted by atomic mass is 10.1. The number of aryl methyl sites for hydroxylation is 1. The number of carbonyl (C=O) groups excluding carboxylic acids is 1. The molecule has 2 aromatic rings. The van der Waals surface area contributed by atoms with Gasteiger partial charge in [0.05, 0.1) is 29.7 Å². The normalized spacial score (nSPS) is 18.3. The largest absolute Gasteiger partial charge is 0.351 e. The fourth-order valence-corrected chi connectivity index (χ4v) is 3.10. The number of nitrogens with one attached hydrogen (secondary N) is 1. The first kappa shape index (κ1) is 15.7. The molecule has 1 N–H and O–H groups in total. The standard InChI is InChI=1S/C17H23N5O/c1-13(23)18-11-14-5-3-6-16(19-14)17-7-4-9-22(17)12-15-8-10-21(2)20-15/h3,5-6,8,10,17H,4,7,9,11-12H2,1-2H3,(H,18,23). The minimum absolute atomic E-state index is 0.0325.